The molecule has 2 aromatic rings. The van der Waals surface area contributed by atoms with Gasteiger partial charge in [0.05, 0.1) is 12.3 Å². The summed E-state index contributed by atoms with van der Waals surface area (Å²) >= 11 is 0. The Morgan fingerprint density at radius 1 is 1.23 bits per heavy atom. The van der Waals surface area contributed by atoms with Crippen molar-refractivity contribution in [2.24, 2.45) is 5.10 Å². The molecule has 0 radical (unpaired) electrons. The van der Waals surface area contributed by atoms with E-state index in [1.54, 1.807) is 43.0 Å². The van der Waals surface area contributed by atoms with Gasteiger partial charge in [-0.15, -0.1) is 0 Å². The first-order chi connectivity index (χ1) is 10.8. The van der Waals surface area contributed by atoms with Gasteiger partial charge in [0.15, 0.2) is 0 Å². The number of allylic oxidation sites excluding steroid dienone is 2. The van der Waals surface area contributed by atoms with Gasteiger partial charge in [-0.2, -0.15) is 5.10 Å². The zero-order valence-electron chi connectivity index (χ0n) is 11.9. The van der Waals surface area contributed by atoms with Crippen LogP contribution in [0.15, 0.2) is 60.5 Å². The fourth-order valence-electron chi connectivity index (χ4n) is 1.71. The fraction of sp³-hybridized carbons (Fsp3) is 0.133. The van der Waals surface area contributed by atoms with Gasteiger partial charge >= 0.3 is 0 Å². The van der Waals surface area contributed by atoms with E-state index in [1.807, 2.05) is 6.08 Å². The third-order valence-corrected chi connectivity index (χ3v) is 2.71. The molecular formula is C15H16N6O. The number of aromatic nitrogens is 4. The summed E-state index contributed by atoms with van der Waals surface area (Å²) in [7, 11) is 0. The van der Waals surface area contributed by atoms with Gasteiger partial charge in [-0.1, -0.05) is 12.2 Å². The Hall–Kier alpha value is -2.93. The molecule has 2 rings (SSSR count). The lowest BCUT2D eigenvalue weighted by Gasteiger charge is -2.13. The van der Waals surface area contributed by atoms with Crippen LogP contribution in [0.1, 0.15) is 12.1 Å². The number of aliphatic hydroxyl groups is 1. The molecule has 7 heteroatoms. The molecule has 0 aliphatic rings. The number of hydrogen-bond donors (Lipinski definition) is 1. The predicted molar refractivity (Wildman–Crippen MR) is 84.9 cm³/mol. The second-order valence-electron chi connectivity index (χ2n) is 4.14. The van der Waals surface area contributed by atoms with Crippen molar-refractivity contribution in [2.75, 3.05) is 11.6 Å². The van der Waals surface area contributed by atoms with Crippen LogP contribution in [0, 0.1) is 0 Å². The Bertz CT molecular complexity index is 642. The lowest BCUT2D eigenvalue weighted by Crippen LogP contribution is -2.11. The van der Waals surface area contributed by atoms with Crippen LogP contribution in [0.3, 0.4) is 0 Å². The van der Waals surface area contributed by atoms with Gasteiger partial charge in [0, 0.05) is 37.1 Å². The van der Waals surface area contributed by atoms with E-state index in [4.69, 9.17) is 5.11 Å². The van der Waals surface area contributed by atoms with E-state index in [-0.39, 0.29) is 6.61 Å². The molecule has 0 bridgehead atoms. The molecule has 1 N–H and O–H groups in total. The van der Waals surface area contributed by atoms with Crippen molar-refractivity contribution < 1.29 is 5.11 Å². The summed E-state index contributed by atoms with van der Waals surface area (Å²) in [6, 6.07) is 3.52. The quantitative estimate of drug-likeness (QED) is 0.475. The summed E-state index contributed by atoms with van der Waals surface area (Å²) in [5, 5.41) is 14.3. The fourth-order valence-corrected chi connectivity index (χ4v) is 1.71. The monoisotopic (exact) mass is 296 g/mol. The predicted octanol–water partition coefficient (Wildman–Crippen LogP) is 1.67. The maximum Gasteiger partial charge on any atom is 0.250 e. The molecule has 0 aliphatic carbocycles. The topological polar surface area (TPSA) is 87.4 Å². The van der Waals surface area contributed by atoms with E-state index in [0.717, 1.165) is 11.3 Å². The minimum atomic E-state index is -0.0116. The summed E-state index contributed by atoms with van der Waals surface area (Å²) in [6.07, 6.45) is 12.2. The summed E-state index contributed by atoms with van der Waals surface area (Å²) in [5.74, 6) is 0.412. The SMILES string of the molecule is C=NN(/C=C(\C/C=C/CO)c1ccncn1)c1ncccn1. The van der Waals surface area contributed by atoms with E-state index in [2.05, 4.69) is 31.8 Å². The van der Waals surface area contributed by atoms with Crippen molar-refractivity contribution in [3.05, 3.63) is 61.1 Å². The summed E-state index contributed by atoms with van der Waals surface area (Å²) in [6.45, 7) is 3.53. The first-order valence-corrected chi connectivity index (χ1v) is 6.61. The summed E-state index contributed by atoms with van der Waals surface area (Å²) in [4.78, 5) is 16.4. The highest BCUT2D eigenvalue weighted by Crippen LogP contribution is 2.19. The van der Waals surface area contributed by atoms with Crippen molar-refractivity contribution in [3.8, 4) is 0 Å². The molecule has 0 saturated heterocycles. The number of hydrogen-bond acceptors (Lipinski definition) is 7. The molecule has 2 heterocycles. The van der Waals surface area contributed by atoms with Crippen LogP contribution < -0.4 is 5.01 Å². The lowest BCUT2D eigenvalue weighted by atomic mass is 10.1. The van der Waals surface area contributed by atoms with E-state index in [9.17, 15) is 0 Å². The van der Waals surface area contributed by atoms with Crippen LogP contribution in [0.25, 0.3) is 5.57 Å². The van der Waals surface area contributed by atoms with E-state index in [0.29, 0.717) is 12.4 Å². The number of aliphatic hydroxyl groups excluding tert-OH is 1. The van der Waals surface area contributed by atoms with Crippen molar-refractivity contribution in [1.29, 1.82) is 0 Å². The van der Waals surface area contributed by atoms with Crippen LogP contribution in [-0.2, 0) is 0 Å². The van der Waals surface area contributed by atoms with Gasteiger partial charge in [-0.05, 0) is 18.6 Å². The number of anilines is 1. The Morgan fingerprint density at radius 2 is 2.05 bits per heavy atom. The maximum absolute atomic E-state index is 8.86. The molecule has 112 valence electrons. The summed E-state index contributed by atoms with van der Waals surface area (Å²) < 4.78 is 0. The second-order valence-corrected chi connectivity index (χ2v) is 4.14. The van der Waals surface area contributed by atoms with Gasteiger partial charge in [0.25, 0.3) is 0 Å². The molecule has 0 saturated carbocycles. The smallest absolute Gasteiger partial charge is 0.250 e. The molecular weight excluding hydrogens is 280 g/mol. The van der Waals surface area contributed by atoms with Gasteiger partial charge < -0.3 is 5.11 Å². The highest BCUT2D eigenvalue weighted by atomic mass is 16.2. The van der Waals surface area contributed by atoms with Gasteiger partial charge in [0.2, 0.25) is 5.95 Å². The van der Waals surface area contributed by atoms with Crippen molar-refractivity contribution in [3.63, 3.8) is 0 Å². The zero-order chi connectivity index (χ0) is 15.6. The van der Waals surface area contributed by atoms with Crippen LogP contribution in [0.5, 0.6) is 0 Å². The molecule has 0 aliphatic heterocycles. The standard InChI is InChI=1S/C15H16N6O/c1-16-21(15-18-7-4-8-19-15)11-13(5-2-3-10-22)14-6-9-17-12-20-14/h2-4,6-9,11-12,22H,1,5,10H2/b3-2+,13-11+. The van der Waals surface area contributed by atoms with Crippen molar-refractivity contribution in [1.82, 2.24) is 19.9 Å². The molecule has 0 fully saturated rings. The third-order valence-electron chi connectivity index (χ3n) is 2.71. The molecule has 22 heavy (non-hydrogen) atoms. The maximum atomic E-state index is 8.86. The molecule has 0 atom stereocenters. The number of nitrogens with zero attached hydrogens (tertiary/aromatic N) is 6. The minimum Gasteiger partial charge on any atom is -0.392 e. The second kappa shape index (κ2) is 8.38. The Balaban J connectivity index is 2.34. The largest absolute Gasteiger partial charge is 0.392 e. The van der Waals surface area contributed by atoms with Crippen molar-refractivity contribution >= 4 is 18.2 Å². The Kier molecular flexibility index (Phi) is 5.89. The van der Waals surface area contributed by atoms with E-state index < -0.39 is 0 Å². The first kappa shape index (κ1) is 15.5. The van der Waals surface area contributed by atoms with Gasteiger partial charge in [-0.25, -0.2) is 24.9 Å². The van der Waals surface area contributed by atoms with Gasteiger partial charge in [0.1, 0.15) is 6.33 Å². The van der Waals surface area contributed by atoms with Crippen molar-refractivity contribution in [2.45, 2.75) is 6.42 Å². The van der Waals surface area contributed by atoms with Gasteiger partial charge in [-0.3, -0.25) is 0 Å². The molecule has 0 amide bonds. The molecule has 2 aromatic heterocycles. The average molecular weight is 296 g/mol. The third kappa shape index (κ3) is 4.29. The highest BCUT2D eigenvalue weighted by molar-refractivity contribution is 5.66. The number of rotatable bonds is 7. The molecule has 0 spiro atoms. The molecule has 0 unspecified atom stereocenters. The minimum absolute atomic E-state index is 0.0116. The normalized spacial score (nSPS) is 11.6. The van der Waals surface area contributed by atoms with E-state index in [1.165, 1.54) is 11.3 Å². The van der Waals surface area contributed by atoms with E-state index >= 15 is 0 Å². The van der Waals surface area contributed by atoms with Crippen LogP contribution in [-0.4, -0.2) is 38.4 Å². The Labute approximate surface area is 128 Å². The number of hydrazone groups is 1. The molecule has 0 aromatic carbocycles. The highest BCUT2D eigenvalue weighted by Gasteiger charge is 2.08. The van der Waals surface area contributed by atoms with Crippen LogP contribution in [0.4, 0.5) is 5.95 Å². The van der Waals surface area contributed by atoms with Crippen LogP contribution in [0.2, 0.25) is 0 Å². The summed E-state index contributed by atoms with van der Waals surface area (Å²) in [5.41, 5.74) is 1.62. The average Bonchev–Trinajstić information content (AvgIpc) is 2.59. The Morgan fingerprint density at radius 3 is 2.68 bits per heavy atom. The van der Waals surface area contributed by atoms with Crippen LogP contribution >= 0.6 is 0 Å². The molecule has 7 nitrogen and oxygen atoms in total. The zero-order valence-corrected chi connectivity index (χ0v) is 11.9. The first-order valence-electron chi connectivity index (χ1n) is 6.61. The lowest BCUT2D eigenvalue weighted by molar-refractivity contribution is 0.342.